The first kappa shape index (κ1) is 22.0. The predicted molar refractivity (Wildman–Crippen MR) is 123 cm³/mol. The smallest absolute Gasteiger partial charge is 0.339 e. The summed E-state index contributed by atoms with van der Waals surface area (Å²) in [4.78, 5) is 51.4. The van der Waals surface area contributed by atoms with Crippen LogP contribution < -0.4 is 10.2 Å². The summed E-state index contributed by atoms with van der Waals surface area (Å²) in [5, 5.41) is 2.67. The van der Waals surface area contributed by atoms with Crippen molar-refractivity contribution in [2.45, 2.75) is 12.8 Å². The highest BCUT2D eigenvalue weighted by Crippen LogP contribution is 2.24. The number of carbonyl (C=O) groups is 4. The Labute approximate surface area is 191 Å². The van der Waals surface area contributed by atoms with Crippen molar-refractivity contribution in [2.75, 3.05) is 23.4 Å². The lowest BCUT2D eigenvalue weighted by atomic mass is 9.98. The number of rotatable bonds is 7. The number of amides is 2. The highest BCUT2D eigenvalue weighted by atomic mass is 16.5. The number of ether oxygens (including phenoxy) is 1. The van der Waals surface area contributed by atoms with Crippen LogP contribution in [0.1, 0.15) is 39.1 Å². The lowest BCUT2D eigenvalue weighted by Gasteiger charge is -2.16. The van der Waals surface area contributed by atoms with Gasteiger partial charge in [0.05, 0.1) is 5.56 Å². The van der Waals surface area contributed by atoms with Crippen molar-refractivity contribution in [1.29, 1.82) is 0 Å². The molecule has 1 saturated heterocycles. The van der Waals surface area contributed by atoms with Crippen LogP contribution >= 0.6 is 0 Å². The van der Waals surface area contributed by atoms with Gasteiger partial charge in [0.25, 0.3) is 5.91 Å². The van der Waals surface area contributed by atoms with Gasteiger partial charge >= 0.3 is 5.97 Å². The van der Waals surface area contributed by atoms with Crippen LogP contribution in [0.4, 0.5) is 11.4 Å². The van der Waals surface area contributed by atoms with Gasteiger partial charge in [-0.05, 0) is 30.7 Å². The van der Waals surface area contributed by atoms with Gasteiger partial charge in [-0.25, -0.2) is 4.79 Å². The van der Waals surface area contributed by atoms with E-state index in [0.717, 1.165) is 6.42 Å². The number of hydrogen-bond donors (Lipinski definition) is 1. The van der Waals surface area contributed by atoms with Crippen LogP contribution in [0.15, 0.2) is 78.9 Å². The molecule has 1 N–H and O–H groups in total. The predicted octanol–water partition coefficient (Wildman–Crippen LogP) is 3.84. The Balaban J connectivity index is 1.39. The van der Waals surface area contributed by atoms with Gasteiger partial charge in [0.1, 0.15) is 0 Å². The maximum Gasteiger partial charge on any atom is 0.339 e. The molecule has 0 radical (unpaired) electrons. The van der Waals surface area contributed by atoms with Crippen LogP contribution in [-0.4, -0.2) is 36.7 Å². The number of carbonyl (C=O) groups excluding carboxylic acids is 4. The highest BCUT2D eigenvalue weighted by Gasteiger charge is 2.22. The molecule has 3 aromatic carbocycles. The van der Waals surface area contributed by atoms with Crippen molar-refractivity contribution >= 4 is 34.9 Å². The number of esters is 1. The Bertz CT molecular complexity index is 1210. The molecule has 3 aromatic rings. The summed E-state index contributed by atoms with van der Waals surface area (Å²) in [6, 6.07) is 21.9. The molecule has 1 fully saturated rings. The normalized spacial score (nSPS) is 13.0. The van der Waals surface area contributed by atoms with Crippen molar-refractivity contribution in [1.82, 2.24) is 0 Å². The lowest BCUT2D eigenvalue weighted by molar-refractivity contribution is -0.119. The van der Waals surface area contributed by atoms with E-state index in [1.54, 1.807) is 77.7 Å². The van der Waals surface area contributed by atoms with Crippen LogP contribution in [0, 0.1) is 0 Å². The highest BCUT2D eigenvalue weighted by molar-refractivity contribution is 6.14. The zero-order valence-corrected chi connectivity index (χ0v) is 17.8. The first-order valence-electron chi connectivity index (χ1n) is 10.6. The van der Waals surface area contributed by atoms with Gasteiger partial charge in [0.15, 0.2) is 12.4 Å². The monoisotopic (exact) mass is 442 g/mol. The minimum absolute atomic E-state index is 0.0520. The molecule has 0 unspecified atom stereocenters. The first-order chi connectivity index (χ1) is 16.0. The second-order valence-electron chi connectivity index (χ2n) is 7.56. The molecule has 1 aliphatic rings. The van der Waals surface area contributed by atoms with Crippen LogP contribution in [0.25, 0.3) is 0 Å². The summed E-state index contributed by atoms with van der Waals surface area (Å²) in [7, 11) is 0. The van der Waals surface area contributed by atoms with Crippen LogP contribution in [0.2, 0.25) is 0 Å². The van der Waals surface area contributed by atoms with Crippen molar-refractivity contribution < 1.29 is 23.9 Å². The summed E-state index contributed by atoms with van der Waals surface area (Å²) >= 11 is 0. The average Bonchev–Trinajstić information content (AvgIpc) is 3.28. The van der Waals surface area contributed by atoms with Gasteiger partial charge in [-0.3, -0.25) is 14.4 Å². The van der Waals surface area contributed by atoms with Gasteiger partial charge in [-0.15, -0.1) is 0 Å². The van der Waals surface area contributed by atoms with Crippen molar-refractivity contribution in [3.05, 3.63) is 95.6 Å². The molecular weight excluding hydrogens is 420 g/mol. The molecule has 2 amide bonds. The molecule has 7 nitrogen and oxygen atoms in total. The molecule has 166 valence electrons. The summed E-state index contributed by atoms with van der Waals surface area (Å²) in [5.41, 5.74) is 1.95. The number of ketones is 1. The van der Waals surface area contributed by atoms with Gasteiger partial charge in [-0.1, -0.05) is 54.6 Å². The van der Waals surface area contributed by atoms with Gasteiger partial charge < -0.3 is 15.0 Å². The van der Waals surface area contributed by atoms with Crippen molar-refractivity contribution in [3.63, 3.8) is 0 Å². The van der Waals surface area contributed by atoms with E-state index in [2.05, 4.69) is 5.32 Å². The molecular formula is C26H22N2O5. The third kappa shape index (κ3) is 5.15. The molecule has 0 atom stereocenters. The Kier molecular flexibility index (Phi) is 6.59. The molecule has 1 aliphatic heterocycles. The van der Waals surface area contributed by atoms with E-state index in [4.69, 9.17) is 4.74 Å². The SMILES string of the molecule is O=C(COC(=O)c1ccccc1C(=O)c1ccccc1)Nc1cccc(N2CCCC2=O)c1. The molecule has 0 aliphatic carbocycles. The minimum Gasteiger partial charge on any atom is -0.452 e. The zero-order chi connectivity index (χ0) is 23.2. The molecule has 0 bridgehead atoms. The first-order valence-corrected chi connectivity index (χ1v) is 10.6. The van der Waals surface area contributed by atoms with E-state index in [1.165, 1.54) is 6.07 Å². The maximum absolute atomic E-state index is 12.8. The standard InChI is InChI=1S/C26H22N2O5/c29-23(27-19-10-6-11-20(16-19)28-15-7-14-24(28)30)17-33-26(32)22-13-5-4-12-21(22)25(31)18-8-2-1-3-9-18/h1-6,8-13,16H,7,14-15,17H2,(H,27,29). The van der Waals surface area contributed by atoms with Crippen LogP contribution in [-0.2, 0) is 14.3 Å². The maximum atomic E-state index is 12.8. The fraction of sp³-hybridized carbons (Fsp3) is 0.154. The minimum atomic E-state index is -0.763. The number of benzene rings is 3. The van der Waals surface area contributed by atoms with Crippen molar-refractivity contribution in [3.8, 4) is 0 Å². The van der Waals surface area contributed by atoms with Crippen LogP contribution in [0.5, 0.6) is 0 Å². The Morgan fingerprint density at radius 1 is 0.879 bits per heavy atom. The summed E-state index contributed by atoms with van der Waals surface area (Å²) in [6.07, 6.45) is 1.32. The summed E-state index contributed by atoms with van der Waals surface area (Å²) in [5.74, 6) is -1.54. The number of nitrogens with zero attached hydrogens (tertiary/aromatic N) is 1. The van der Waals surface area contributed by atoms with Gasteiger partial charge in [-0.2, -0.15) is 0 Å². The fourth-order valence-electron chi connectivity index (χ4n) is 3.68. The molecule has 1 heterocycles. The third-order valence-electron chi connectivity index (χ3n) is 5.28. The topological polar surface area (TPSA) is 92.8 Å². The Hall–Kier alpha value is -4.26. The number of anilines is 2. The molecule has 0 saturated carbocycles. The van der Waals surface area contributed by atoms with Gasteiger partial charge in [0, 0.05) is 35.5 Å². The molecule has 33 heavy (non-hydrogen) atoms. The van der Waals surface area contributed by atoms with Gasteiger partial charge in [0.2, 0.25) is 5.91 Å². The Morgan fingerprint density at radius 2 is 1.61 bits per heavy atom. The average molecular weight is 442 g/mol. The lowest BCUT2D eigenvalue weighted by Crippen LogP contribution is -2.24. The van der Waals surface area contributed by atoms with Crippen molar-refractivity contribution in [2.24, 2.45) is 0 Å². The van der Waals surface area contributed by atoms with E-state index >= 15 is 0 Å². The van der Waals surface area contributed by atoms with E-state index in [0.29, 0.717) is 29.9 Å². The van der Waals surface area contributed by atoms with E-state index in [9.17, 15) is 19.2 Å². The molecule has 0 spiro atoms. The largest absolute Gasteiger partial charge is 0.452 e. The number of hydrogen-bond acceptors (Lipinski definition) is 5. The summed E-state index contributed by atoms with van der Waals surface area (Å²) in [6.45, 7) is 0.133. The molecule has 0 aromatic heterocycles. The quantitative estimate of drug-likeness (QED) is 0.443. The van der Waals surface area contributed by atoms with E-state index < -0.39 is 18.5 Å². The zero-order valence-electron chi connectivity index (χ0n) is 17.8. The molecule has 7 heteroatoms. The number of nitrogens with one attached hydrogen (secondary N) is 1. The van der Waals surface area contributed by atoms with E-state index in [1.807, 2.05) is 0 Å². The molecule has 4 rings (SSSR count). The fourth-order valence-corrected chi connectivity index (χ4v) is 3.68. The van der Waals surface area contributed by atoms with Crippen LogP contribution in [0.3, 0.4) is 0 Å². The van der Waals surface area contributed by atoms with E-state index in [-0.39, 0.29) is 22.8 Å². The second kappa shape index (κ2) is 9.91. The Morgan fingerprint density at radius 3 is 2.33 bits per heavy atom. The third-order valence-corrected chi connectivity index (χ3v) is 5.28. The summed E-state index contributed by atoms with van der Waals surface area (Å²) < 4.78 is 5.17. The second-order valence-corrected chi connectivity index (χ2v) is 7.56.